The second kappa shape index (κ2) is 8.17. The van der Waals surface area contributed by atoms with Crippen molar-refractivity contribution in [3.8, 4) is 5.75 Å². The minimum Gasteiger partial charge on any atom is -0.490 e. The maximum absolute atomic E-state index is 10.8. The highest BCUT2D eigenvalue weighted by molar-refractivity contribution is 5.66. The van der Waals surface area contributed by atoms with Gasteiger partial charge in [0.2, 0.25) is 0 Å². The summed E-state index contributed by atoms with van der Waals surface area (Å²) in [7, 11) is 0. The normalized spacial score (nSPS) is 16.9. The molecule has 25 heavy (non-hydrogen) atoms. The third kappa shape index (κ3) is 4.83. The van der Waals surface area contributed by atoms with E-state index in [4.69, 9.17) is 9.84 Å². The van der Waals surface area contributed by atoms with Crippen LogP contribution in [-0.2, 0) is 17.8 Å². The van der Waals surface area contributed by atoms with E-state index in [1.165, 1.54) is 16.7 Å². The molecule has 2 aromatic carbocycles. The molecule has 1 aliphatic heterocycles. The predicted molar refractivity (Wildman–Crippen MR) is 97.7 cm³/mol. The molecule has 2 aromatic rings. The Bertz CT molecular complexity index is 714. The Morgan fingerprint density at radius 3 is 2.84 bits per heavy atom. The highest BCUT2D eigenvalue weighted by atomic mass is 16.5. The molecule has 1 aliphatic rings. The van der Waals surface area contributed by atoms with Crippen molar-refractivity contribution < 1.29 is 14.6 Å². The number of rotatable bonds is 8. The number of fused-ring (bicyclic) bond motifs is 1. The Labute approximate surface area is 148 Å². The monoisotopic (exact) mass is 339 g/mol. The van der Waals surface area contributed by atoms with E-state index in [9.17, 15) is 4.79 Å². The van der Waals surface area contributed by atoms with Gasteiger partial charge in [-0.1, -0.05) is 42.5 Å². The molecule has 1 heterocycles. The van der Waals surface area contributed by atoms with Crippen LogP contribution in [-0.4, -0.2) is 17.2 Å². The first-order chi connectivity index (χ1) is 12.1. The lowest BCUT2D eigenvalue weighted by Crippen LogP contribution is -2.21. The fourth-order valence-electron chi connectivity index (χ4n) is 3.36. The van der Waals surface area contributed by atoms with Gasteiger partial charge in [-0.15, -0.1) is 0 Å². The zero-order valence-electron chi connectivity index (χ0n) is 14.6. The van der Waals surface area contributed by atoms with Crippen LogP contribution >= 0.6 is 0 Å². The fraction of sp³-hybridized carbons (Fsp3) is 0.381. The van der Waals surface area contributed by atoms with Gasteiger partial charge >= 0.3 is 5.97 Å². The highest BCUT2D eigenvalue weighted by Gasteiger charge is 2.19. The van der Waals surface area contributed by atoms with Crippen molar-refractivity contribution in [1.82, 2.24) is 5.32 Å². The van der Waals surface area contributed by atoms with E-state index < -0.39 is 5.97 Å². The average molecular weight is 339 g/mol. The van der Waals surface area contributed by atoms with Crippen molar-refractivity contribution in [1.29, 1.82) is 0 Å². The van der Waals surface area contributed by atoms with Crippen LogP contribution in [0.1, 0.15) is 48.9 Å². The van der Waals surface area contributed by atoms with Crippen molar-refractivity contribution in [2.75, 3.05) is 0 Å². The van der Waals surface area contributed by atoms with Crippen LogP contribution in [0.2, 0.25) is 0 Å². The van der Waals surface area contributed by atoms with E-state index >= 15 is 0 Å². The first-order valence-corrected chi connectivity index (χ1v) is 8.90. The topological polar surface area (TPSA) is 58.6 Å². The van der Waals surface area contributed by atoms with E-state index in [-0.39, 0.29) is 18.6 Å². The molecule has 0 aliphatic carbocycles. The van der Waals surface area contributed by atoms with Gasteiger partial charge < -0.3 is 15.2 Å². The SMILES string of the molecule is CC1Cc2cc(CNC(CCCC(=O)O)c3ccccc3)ccc2O1. The number of ether oxygens (including phenoxy) is 1. The van der Waals surface area contributed by atoms with Crippen LogP contribution < -0.4 is 10.1 Å². The first-order valence-electron chi connectivity index (χ1n) is 8.90. The lowest BCUT2D eigenvalue weighted by atomic mass is 10.00. The molecular weight excluding hydrogens is 314 g/mol. The van der Waals surface area contributed by atoms with Crippen LogP contribution in [0.25, 0.3) is 0 Å². The van der Waals surface area contributed by atoms with E-state index in [2.05, 4.69) is 42.6 Å². The predicted octanol–water partition coefficient (Wildman–Crippen LogP) is 4.10. The maximum Gasteiger partial charge on any atom is 0.303 e. The van der Waals surface area contributed by atoms with E-state index in [1.54, 1.807) is 0 Å². The van der Waals surface area contributed by atoms with E-state index in [0.717, 1.165) is 25.1 Å². The van der Waals surface area contributed by atoms with Crippen molar-refractivity contribution in [3.63, 3.8) is 0 Å². The molecule has 0 spiro atoms. The number of hydrogen-bond donors (Lipinski definition) is 2. The van der Waals surface area contributed by atoms with Crippen molar-refractivity contribution in [3.05, 3.63) is 65.2 Å². The largest absolute Gasteiger partial charge is 0.490 e. The van der Waals surface area contributed by atoms with Crippen molar-refractivity contribution in [2.45, 2.75) is 51.3 Å². The third-order valence-electron chi connectivity index (χ3n) is 4.60. The number of carboxylic acid groups (broad SMARTS) is 1. The summed E-state index contributed by atoms with van der Waals surface area (Å²) in [5, 5.41) is 12.5. The summed E-state index contributed by atoms with van der Waals surface area (Å²) in [6.45, 7) is 2.85. The Morgan fingerprint density at radius 2 is 2.08 bits per heavy atom. The molecule has 2 N–H and O–H groups in total. The standard InChI is InChI=1S/C21H25NO3/c1-15-12-18-13-16(10-11-20(18)25-15)14-22-19(8-5-9-21(23)24)17-6-3-2-4-7-17/h2-4,6-7,10-11,13,15,19,22H,5,8-9,12,14H2,1H3,(H,23,24). The summed E-state index contributed by atoms with van der Waals surface area (Å²) in [5.74, 6) is 0.261. The Kier molecular flexibility index (Phi) is 5.71. The molecule has 0 amide bonds. The molecular formula is C21H25NO3. The zero-order valence-corrected chi connectivity index (χ0v) is 14.6. The molecule has 2 atom stereocenters. The maximum atomic E-state index is 10.8. The van der Waals surface area contributed by atoms with Gasteiger partial charge in [-0.05, 0) is 42.5 Å². The summed E-state index contributed by atoms with van der Waals surface area (Å²) in [4.78, 5) is 10.8. The molecule has 0 fully saturated rings. The second-order valence-corrected chi connectivity index (χ2v) is 6.70. The van der Waals surface area contributed by atoms with Crippen molar-refractivity contribution in [2.24, 2.45) is 0 Å². The summed E-state index contributed by atoms with van der Waals surface area (Å²) in [6, 6.07) is 16.8. The van der Waals surface area contributed by atoms with E-state index in [1.807, 2.05) is 18.2 Å². The van der Waals surface area contributed by atoms with Gasteiger partial charge in [0.15, 0.2) is 0 Å². The molecule has 0 bridgehead atoms. The van der Waals surface area contributed by atoms with Crippen LogP contribution in [0.5, 0.6) is 5.75 Å². The van der Waals surface area contributed by atoms with Crippen LogP contribution in [0.15, 0.2) is 48.5 Å². The molecule has 4 nitrogen and oxygen atoms in total. The number of nitrogens with one attached hydrogen (secondary N) is 1. The van der Waals surface area contributed by atoms with Gasteiger partial charge in [0.25, 0.3) is 0 Å². The highest BCUT2D eigenvalue weighted by Crippen LogP contribution is 2.29. The fourth-order valence-corrected chi connectivity index (χ4v) is 3.36. The molecule has 3 rings (SSSR count). The Hall–Kier alpha value is -2.33. The Morgan fingerprint density at radius 1 is 1.28 bits per heavy atom. The number of carbonyl (C=O) groups is 1. The summed E-state index contributed by atoms with van der Waals surface area (Å²) in [5.41, 5.74) is 3.70. The molecule has 0 radical (unpaired) electrons. The Balaban J connectivity index is 1.64. The number of benzene rings is 2. The minimum absolute atomic E-state index is 0.156. The summed E-state index contributed by atoms with van der Waals surface area (Å²) < 4.78 is 5.76. The summed E-state index contributed by atoms with van der Waals surface area (Å²) in [6.07, 6.45) is 2.90. The molecule has 0 saturated carbocycles. The van der Waals surface area contributed by atoms with Gasteiger partial charge in [0.1, 0.15) is 11.9 Å². The number of carboxylic acids is 1. The lowest BCUT2D eigenvalue weighted by Gasteiger charge is -2.19. The van der Waals surface area contributed by atoms with Gasteiger partial charge in [-0.25, -0.2) is 0 Å². The van der Waals surface area contributed by atoms with Crippen molar-refractivity contribution >= 4 is 5.97 Å². The number of hydrogen-bond acceptors (Lipinski definition) is 3. The van der Waals surface area contributed by atoms with Gasteiger partial charge in [0, 0.05) is 25.4 Å². The van der Waals surface area contributed by atoms with Crippen LogP contribution in [0.3, 0.4) is 0 Å². The molecule has 0 saturated heterocycles. The smallest absolute Gasteiger partial charge is 0.303 e. The van der Waals surface area contributed by atoms with E-state index in [0.29, 0.717) is 6.42 Å². The molecule has 2 unspecified atom stereocenters. The summed E-state index contributed by atoms with van der Waals surface area (Å²) >= 11 is 0. The van der Waals surface area contributed by atoms with Gasteiger partial charge in [-0.2, -0.15) is 0 Å². The molecule has 4 heteroatoms. The third-order valence-corrected chi connectivity index (χ3v) is 4.60. The van der Waals surface area contributed by atoms with Crippen LogP contribution in [0.4, 0.5) is 0 Å². The first kappa shape index (κ1) is 17.5. The second-order valence-electron chi connectivity index (χ2n) is 6.70. The zero-order chi connectivity index (χ0) is 17.6. The van der Waals surface area contributed by atoms with Gasteiger partial charge in [-0.3, -0.25) is 4.79 Å². The molecule has 0 aromatic heterocycles. The van der Waals surface area contributed by atoms with Gasteiger partial charge in [0.05, 0.1) is 0 Å². The minimum atomic E-state index is -0.737. The number of aliphatic carboxylic acids is 1. The lowest BCUT2D eigenvalue weighted by molar-refractivity contribution is -0.137. The quantitative estimate of drug-likeness (QED) is 0.760. The average Bonchev–Trinajstić information content (AvgIpc) is 2.97. The molecule has 132 valence electrons. The van der Waals surface area contributed by atoms with Crippen LogP contribution in [0, 0.1) is 0 Å².